The van der Waals surface area contributed by atoms with Gasteiger partial charge in [-0.1, -0.05) is 34.1 Å². The molecular formula is C15H10BrNO. The van der Waals surface area contributed by atoms with E-state index in [0.29, 0.717) is 11.1 Å². The van der Waals surface area contributed by atoms with Crippen molar-refractivity contribution in [2.24, 2.45) is 0 Å². The third-order valence-electron chi connectivity index (χ3n) is 2.92. The molecular weight excluding hydrogens is 290 g/mol. The molecule has 18 heavy (non-hydrogen) atoms. The molecule has 2 nitrogen and oxygen atoms in total. The van der Waals surface area contributed by atoms with Gasteiger partial charge >= 0.3 is 0 Å². The van der Waals surface area contributed by atoms with Crippen LogP contribution in [-0.4, -0.2) is 10.8 Å². The smallest absolute Gasteiger partial charge is 0.194 e. The molecule has 3 rings (SSSR count). The van der Waals surface area contributed by atoms with Crippen LogP contribution in [0.4, 0.5) is 0 Å². The molecule has 0 saturated carbocycles. The van der Waals surface area contributed by atoms with Crippen molar-refractivity contribution in [1.29, 1.82) is 0 Å². The number of carbonyl (C=O) groups excluding carboxylic acids is 1. The van der Waals surface area contributed by atoms with Crippen molar-refractivity contribution in [3.05, 3.63) is 70.5 Å². The Labute approximate surface area is 113 Å². The Hall–Kier alpha value is -1.87. The van der Waals surface area contributed by atoms with Gasteiger partial charge in [-0.25, -0.2) is 0 Å². The van der Waals surface area contributed by atoms with Crippen molar-refractivity contribution in [3.63, 3.8) is 0 Å². The molecule has 1 N–H and O–H groups in total. The molecule has 1 aromatic heterocycles. The summed E-state index contributed by atoms with van der Waals surface area (Å²) in [5.41, 5.74) is 1.40. The zero-order chi connectivity index (χ0) is 12.5. The summed E-state index contributed by atoms with van der Waals surface area (Å²) < 4.78 is 1.04. The monoisotopic (exact) mass is 299 g/mol. The first kappa shape index (κ1) is 11.2. The van der Waals surface area contributed by atoms with Gasteiger partial charge in [0.05, 0.1) is 0 Å². The normalized spacial score (nSPS) is 10.7. The minimum atomic E-state index is 0.0427. The van der Waals surface area contributed by atoms with Crippen LogP contribution in [0.25, 0.3) is 10.8 Å². The first-order valence-corrected chi connectivity index (χ1v) is 6.40. The highest BCUT2D eigenvalue weighted by molar-refractivity contribution is 9.10. The van der Waals surface area contributed by atoms with Crippen LogP contribution in [-0.2, 0) is 0 Å². The van der Waals surface area contributed by atoms with E-state index in [1.165, 1.54) is 0 Å². The summed E-state index contributed by atoms with van der Waals surface area (Å²) in [4.78, 5) is 15.1. The van der Waals surface area contributed by atoms with Crippen molar-refractivity contribution in [2.75, 3.05) is 0 Å². The average Bonchev–Trinajstić information content (AvgIpc) is 2.91. The Morgan fingerprint density at radius 2 is 1.72 bits per heavy atom. The molecule has 88 valence electrons. The number of nitrogens with one attached hydrogen (secondary N) is 1. The predicted octanol–water partition coefficient (Wildman–Crippen LogP) is 4.16. The van der Waals surface area contributed by atoms with Crippen LogP contribution in [0.3, 0.4) is 0 Å². The fourth-order valence-electron chi connectivity index (χ4n) is 1.99. The Morgan fingerprint density at radius 3 is 2.50 bits per heavy atom. The van der Waals surface area contributed by atoms with Gasteiger partial charge in [-0.05, 0) is 35.0 Å². The zero-order valence-corrected chi connectivity index (χ0v) is 11.1. The maximum atomic E-state index is 12.2. The maximum Gasteiger partial charge on any atom is 0.194 e. The molecule has 0 amide bonds. The fourth-order valence-corrected chi connectivity index (χ4v) is 2.37. The Balaban J connectivity index is 2.09. The molecule has 0 saturated heterocycles. The molecule has 3 aromatic rings. The van der Waals surface area contributed by atoms with E-state index in [1.54, 1.807) is 18.5 Å². The summed E-state index contributed by atoms with van der Waals surface area (Å²) in [6, 6.07) is 13.6. The summed E-state index contributed by atoms with van der Waals surface area (Å²) in [6.07, 6.45) is 3.47. The van der Waals surface area contributed by atoms with E-state index in [0.717, 1.165) is 15.2 Å². The highest BCUT2D eigenvalue weighted by Gasteiger charge is 2.09. The summed E-state index contributed by atoms with van der Waals surface area (Å²) >= 11 is 3.44. The van der Waals surface area contributed by atoms with Crippen LogP contribution in [0.2, 0.25) is 0 Å². The summed E-state index contributed by atoms with van der Waals surface area (Å²) in [7, 11) is 0. The topological polar surface area (TPSA) is 32.9 Å². The lowest BCUT2D eigenvalue weighted by Crippen LogP contribution is -1.99. The van der Waals surface area contributed by atoms with Gasteiger partial charge in [-0.15, -0.1) is 0 Å². The van der Waals surface area contributed by atoms with E-state index in [4.69, 9.17) is 0 Å². The summed E-state index contributed by atoms with van der Waals surface area (Å²) in [6.45, 7) is 0. The van der Waals surface area contributed by atoms with Gasteiger partial charge in [-0.3, -0.25) is 4.79 Å². The molecule has 3 heteroatoms. The van der Waals surface area contributed by atoms with E-state index < -0.39 is 0 Å². The van der Waals surface area contributed by atoms with Gasteiger partial charge in [0.25, 0.3) is 0 Å². The van der Waals surface area contributed by atoms with Gasteiger partial charge in [0.2, 0.25) is 0 Å². The molecule has 0 bridgehead atoms. The fraction of sp³-hybridized carbons (Fsp3) is 0. The predicted molar refractivity (Wildman–Crippen MR) is 75.9 cm³/mol. The van der Waals surface area contributed by atoms with E-state index >= 15 is 0 Å². The zero-order valence-electron chi connectivity index (χ0n) is 9.48. The van der Waals surface area contributed by atoms with Gasteiger partial charge < -0.3 is 4.98 Å². The number of halogens is 1. The van der Waals surface area contributed by atoms with Crippen LogP contribution in [0.5, 0.6) is 0 Å². The van der Waals surface area contributed by atoms with E-state index in [1.807, 2.05) is 36.4 Å². The number of H-pyrrole nitrogens is 1. The second kappa shape index (κ2) is 4.42. The van der Waals surface area contributed by atoms with Crippen LogP contribution < -0.4 is 0 Å². The number of aromatic nitrogens is 1. The largest absolute Gasteiger partial charge is 0.367 e. The lowest BCUT2D eigenvalue weighted by atomic mass is 10.0. The second-order valence-corrected chi connectivity index (χ2v) is 5.05. The number of hydrogen-bond acceptors (Lipinski definition) is 1. The summed E-state index contributed by atoms with van der Waals surface area (Å²) in [5, 5.41) is 2.19. The molecule has 0 atom stereocenters. The van der Waals surface area contributed by atoms with Gasteiger partial charge in [0.1, 0.15) is 0 Å². The highest BCUT2D eigenvalue weighted by Crippen LogP contribution is 2.22. The van der Waals surface area contributed by atoms with Crippen LogP contribution in [0.1, 0.15) is 15.9 Å². The molecule has 0 spiro atoms. The van der Waals surface area contributed by atoms with E-state index in [-0.39, 0.29) is 5.78 Å². The van der Waals surface area contributed by atoms with Crippen molar-refractivity contribution < 1.29 is 4.79 Å². The highest BCUT2D eigenvalue weighted by atomic mass is 79.9. The number of aromatic amines is 1. The Morgan fingerprint density at radius 1 is 0.944 bits per heavy atom. The van der Waals surface area contributed by atoms with Crippen molar-refractivity contribution in [1.82, 2.24) is 4.98 Å². The molecule has 0 fully saturated rings. The van der Waals surface area contributed by atoms with Crippen molar-refractivity contribution in [2.45, 2.75) is 0 Å². The number of hydrogen-bond donors (Lipinski definition) is 1. The molecule has 0 unspecified atom stereocenters. The second-order valence-electron chi connectivity index (χ2n) is 4.14. The van der Waals surface area contributed by atoms with E-state index in [9.17, 15) is 4.79 Å². The minimum absolute atomic E-state index is 0.0427. The molecule has 0 aliphatic rings. The SMILES string of the molecule is O=C(c1cc[nH]c1)c1ccc2cc(Br)ccc2c1. The maximum absolute atomic E-state index is 12.2. The molecule has 2 aromatic carbocycles. The van der Waals surface area contributed by atoms with Gasteiger partial charge in [0, 0.05) is 28.0 Å². The Bertz CT molecular complexity index is 716. The van der Waals surface area contributed by atoms with Gasteiger partial charge in [-0.2, -0.15) is 0 Å². The number of ketones is 1. The average molecular weight is 300 g/mol. The number of carbonyl (C=O) groups is 1. The lowest BCUT2D eigenvalue weighted by molar-refractivity contribution is 0.103. The quantitative estimate of drug-likeness (QED) is 0.708. The van der Waals surface area contributed by atoms with Crippen LogP contribution >= 0.6 is 15.9 Å². The third kappa shape index (κ3) is 1.97. The number of rotatable bonds is 2. The molecule has 1 heterocycles. The van der Waals surface area contributed by atoms with Crippen LogP contribution in [0.15, 0.2) is 59.3 Å². The van der Waals surface area contributed by atoms with Gasteiger partial charge in [0.15, 0.2) is 5.78 Å². The first-order valence-electron chi connectivity index (χ1n) is 5.61. The third-order valence-corrected chi connectivity index (χ3v) is 3.42. The molecule has 0 radical (unpaired) electrons. The van der Waals surface area contributed by atoms with Crippen molar-refractivity contribution in [3.8, 4) is 0 Å². The standard InChI is InChI=1S/C15H10BrNO/c16-14-4-3-10-7-12(2-1-11(10)8-14)15(18)13-5-6-17-9-13/h1-9,17H. The van der Waals surface area contributed by atoms with Crippen molar-refractivity contribution >= 4 is 32.5 Å². The number of benzene rings is 2. The number of fused-ring (bicyclic) bond motifs is 1. The lowest BCUT2D eigenvalue weighted by Gasteiger charge is -2.02. The van der Waals surface area contributed by atoms with E-state index in [2.05, 4.69) is 20.9 Å². The van der Waals surface area contributed by atoms with Crippen LogP contribution in [0, 0.1) is 0 Å². The Kier molecular flexibility index (Phi) is 2.76. The summed E-state index contributed by atoms with van der Waals surface area (Å²) in [5.74, 6) is 0.0427. The minimum Gasteiger partial charge on any atom is -0.367 e. The molecule has 0 aliphatic carbocycles. The first-order chi connectivity index (χ1) is 8.74. The molecule has 0 aliphatic heterocycles.